The molecule has 0 saturated heterocycles. The molecular formula is C23H20N2O5S2. The number of benzene rings is 1. The highest BCUT2D eigenvalue weighted by Gasteiger charge is 2.24. The molecule has 9 heteroatoms. The lowest BCUT2D eigenvalue weighted by Crippen LogP contribution is -2.33. The topological polar surface area (TPSA) is 102 Å². The lowest BCUT2D eigenvalue weighted by molar-refractivity contribution is -0.123. The van der Waals surface area contributed by atoms with Crippen molar-refractivity contribution in [2.75, 3.05) is 11.9 Å². The van der Waals surface area contributed by atoms with Gasteiger partial charge in [-0.25, -0.2) is 4.79 Å². The summed E-state index contributed by atoms with van der Waals surface area (Å²) >= 11 is 2.37. The molecule has 1 aromatic carbocycles. The number of allylic oxidation sites excluding steroid dienone is 1. The fourth-order valence-electron chi connectivity index (χ4n) is 2.73. The van der Waals surface area contributed by atoms with Crippen LogP contribution < -0.4 is 10.6 Å². The summed E-state index contributed by atoms with van der Waals surface area (Å²) in [7, 11) is 0. The predicted octanol–water partition coefficient (Wildman–Crippen LogP) is 4.49. The number of carbonyl (C=O) groups is 4. The van der Waals surface area contributed by atoms with Crippen molar-refractivity contribution < 1.29 is 23.9 Å². The Balaban J connectivity index is 1.77. The maximum Gasteiger partial charge on any atom is 0.342 e. The fraction of sp³-hybridized carbons (Fsp3) is 0.130. The van der Waals surface area contributed by atoms with Gasteiger partial charge >= 0.3 is 5.97 Å². The van der Waals surface area contributed by atoms with E-state index in [1.54, 1.807) is 36.7 Å². The van der Waals surface area contributed by atoms with Crippen LogP contribution in [-0.2, 0) is 14.3 Å². The van der Waals surface area contributed by atoms with E-state index in [1.807, 2.05) is 30.3 Å². The fourth-order valence-corrected chi connectivity index (χ4v) is 4.31. The zero-order valence-electron chi connectivity index (χ0n) is 17.3. The summed E-state index contributed by atoms with van der Waals surface area (Å²) in [6, 6.07) is 12.4. The summed E-state index contributed by atoms with van der Waals surface area (Å²) in [6.07, 6.45) is 1.42. The third kappa shape index (κ3) is 5.99. The standard InChI is InChI=1S/C23H20N2O5S2/c1-14(2)11-18(26)25-22-20(16(13-32-22)15-7-4-3-5-8-15)23(29)30-12-19(27)24-21(28)17-9-6-10-31-17/h3-11,13H,12H2,1-2H3,(H,25,26)(H,24,27,28). The molecule has 0 fully saturated rings. The summed E-state index contributed by atoms with van der Waals surface area (Å²) in [4.78, 5) is 49.5. The molecule has 0 aliphatic rings. The molecule has 0 radical (unpaired) electrons. The maximum absolute atomic E-state index is 12.9. The molecule has 0 spiro atoms. The highest BCUT2D eigenvalue weighted by atomic mass is 32.1. The molecule has 3 aromatic rings. The summed E-state index contributed by atoms with van der Waals surface area (Å²) in [5, 5.41) is 8.64. The number of ether oxygens (including phenoxy) is 1. The number of hydrogen-bond donors (Lipinski definition) is 2. The Bertz CT molecular complexity index is 1160. The maximum atomic E-state index is 12.9. The highest BCUT2D eigenvalue weighted by Crippen LogP contribution is 2.36. The minimum Gasteiger partial charge on any atom is -0.452 e. The van der Waals surface area contributed by atoms with Crippen molar-refractivity contribution in [3.05, 3.63) is 75.3 Å². The van der Waals surface area contributed by atoms with Crippen molar-refractivity contribution in [2.24, 2.45) is 0 Å². The van der Waals surface area contributed by atoms with Crippen LogP contribution in [0.2, 0.25) is 0 Å². The van der Waals surface area contributed by atoms with Crippen LogP contribution in [0.3, 0.4) is 0 Å². The normalized spacial score (nSPS) is 10.2. The predicted molar refractivity (Wildman–Crippen MR) is 125 cm³/mol. The van der Waals surface area contributed by atoms with Crippen LogP contribution in [0.1, 0.15) is 33.9 Å². The van der Waals surface area contributed by atoms with Crippen LogP contribution in [0.5, 0.6) is 0 Å². The van der Waals surface area contributed by atoms with E-state index in [0.717, 1.165) is 11.1 Å². The van der Waals surface area contributed by atoms with Crippen molar-refractivity contribution in [2.45, 2.75) is 13.8 Å². The first kappa shape index (κ1) is 23.1. The summed E-state index contributed by atoms with van der Waals surface area (Å²) in [6.45, 7) is 2.94. The Labute approximate surface area is 192 Å². The van der Waals surface area contributed by atoms with E-state index >= 15 is 0 Å². The molecule has 0 unspecified atom stereocenters. The van der Waals surface area contributed by atoms with E-state index < -0.39 is 24.4 Å². The highest BCUT2D eigenvalue weighted by molar-refractivity contribution is 7.15. The quantitative estimate of drug-likeness (QED) is 0.393. The van der Waals surface area contributed by atoms with Crippen molar-refractivity contribution in [3.8, 4) is 11.1 Å². The summed E-state index contributed by atoms with van der Waals surface area (Å²) in [5.41, 5.74) is 2.28. The molecule has 0 aliphatic carbocycles. The molecule has 164 valence electrons. The first-order chi connectivity index (χ1) is 15.3. The van der Waals surface area contributed by atoms with Gasteiger partial charge in [0.05, 0.1) is 4.88 Å². The lowest BCUT2D eigenvalue weighted by atomic mass is 10.0. The third-order valence-corrected chi connectivity index (χ3v) is 5.83. The molecule has 2 aromatic heterocycles. The zero-order valence-corrected chi connectivity index (χ0v) is 19.0. The number of anilines is 1. The van der Waals surface area contributed by atoms with Crippen molar-refractivity contribution in [1.29, 1.82) is 0 Å². The number of nitrogens with one attached hydrogen (secondary N) is 2. The molecule has 7 nitrogen and oxygen atoms in total. The van der Waals surface area contributed by atoms with Gasteiger partial charge in [0.15, 0.2) is 6.61 Å². The number of imide groups is 1. The number of amides is 3. The molecule has 0 saturated carbocycles. The van der Waals surface area contributed by atoms with Gasteiger partial charge in [-0.15, -0.1) is 22.7 Å². The van der Waals surface area contributed by atoms with E-state index in [4.69, 9.17) is 4.74 Å². The monoisotopic (exact) mass is 468 g/mol. The molecule has 32 heavy (non-hydrogen) atoms. The Morgan fingerprint density at radius 2 is 1.75 bits per heavy atom. The van der Waals surface area contributed by atoms with Crippen LogP contribution in [-0.4, -0.2) is 30.3 Å². The molecule has 2 heterocycles. The number of hydrogen-bond acceptors (Lipinski definition) is 7. The van der Waals surface area contributed by atoms with Crippen LogP contribution in [0.15, 0.2) is 64.9 Å². The molecule has 0 aliphatic heterocycles. The van der Waals surface area contributed by atoms with E-state index in [2.05, 4.69) is 10.6 Å². The van der Waals surface area contributed by atoms with Gasteiger partial charge in [-0.1, -0.05) is 42.0 Å². The van der Waals surface area contributed by atoms with Gasteiger partial charge in [-0.05, 0) is 30.9 Å². The van der Waals surface area contributed by atoms with Crippen molar-refractivity contribution >= 4 is 51.4 Å². The second-order valence-electron chi connectivity index (χ2n) is 6.86. The smallest absolute Gasteiger partial charge is 0.342 e. The van der Waals surface area contributed by atoms with Crippen molar-refractivity contribution in [1.82, 2.24) is 5.32 Å². The van der Waals surface area contributed by atoms with Gasteiger partial charge in [0.2, 0.25) is 5.91 Å². The van der Waals surface area contributed by atoms with Crippen LogP contribution in [0.25, 0.3) is 11.1 Å². The molecule has 3 rings (SSSR count). The molecule has 0 atom stereocenters. The van der Waals surface area contributed by atoms with Gasteiger partial charge in [0, 0.05) is 17.0 Å². The van der Waals surface area contributed by atoms with E-state index in [9.17, 15) is 19.2 Å². The molecular weight excluding hydrogens is 448 g/mol. The Hall–Kier alpha value is -3.56. The van der Waals surface area contributed by atoms with Crippen LogP contribution in [0, 0.1) is 0 Å². The van der Waals surface area contributed by atoms with Gasteiger partial charge < -0.3 is 10.1 Å². The number of carbonyl (C=O) groups excluding carboxylic acids is 4. The van der Waals surface area contributed by atoms with E-state index in [1.165, 1.54) is 28.7 Å². The lowest BCUT2D eigenvalue weighted by Gasteiger charge is -2.09. The minimum absolute atomic E-state index is 0.147. The van der Waals surface area contributed by atoms with Crippen LogP contribution in [0.4, 0.5) is 5.00 Å². The number of rotatable bonds is 7. The SMILES string of the molecule is CC(C)=CC(=O)Nc1scc(-c2ccccc2)c1C(=O)OCC(=O)NC(=O)c1cccs1. The third-order valence-electron chi connectivity index (χ3n) is 4.07. The average Bonchev–Trinajstić information content (AvgIpc) is 3.42. The zero-order chi connectivity index (χ0) is 23.1. The van der Waals surface area contributed by atoms with Crippen LogP contribution >= 0.6 is 22.7 Å². The molecule has 3 amide bonds. The van der Waals surface area contributed by atoms with Gasteiger partial charge in [0.25, 0.3) is 11.8 Å². The summed E-state index contributed by atoms with van der Waals surface area (Å²) < 4.78 is 5.17. The van der Waals surface area contributed by atoms with Gasteiger partial charge in [-0.3, -0.25) is 19.7 Å². The number of esters is 1. The van der Waals surface area contributed by atoms with Crippen molar-refractivity contribution in [3.63, 3.8) is 0 Å². The largest absolute Gasteiger partial charge is 0.452 e. The van der Waals surface area contributed by atoms with Gasteiger partial charge in [-0.2, -0.15) is 0 Å². The van der Waals surface area contributed by atoms with Gasteiger partial charge in [0.1, 0.15) is 10.6 Å². The summed E-state index contributed by atoms with van der Waals surface area (Å²) in [5.74, 6) is -2.46. The minimum atomic E-state index is -0.781. The Morgan fingerprint density at radius 1 is 1.00 bits per heavy atom. The Morgan fingerprint density at radius 3 is 2.41 bits per heavy atom. The van der Waals surface area contributed by atoms with E-state index in [0.29, 0.717) is 15.4 Å². The Kier molecular flexibility index (Phi) is 7.69. The first-order valence-electron chi connectivity index (χ1n) is 9.52. The number of thiophene rings is 2. The molecule has 0 bridgehead atoms. The second-order valence-corrected chi connectivity index (χ2v) is 8.69. The first-order valence-corrected chi connectivity index (χ1v) is 11.3. The second kappa shape index (κ2) is 10.7. The molecule has 2 N–H and O–H groups in total. The average molecular weight is 469 g/mol. The van der Waals surface area contributed by atoms with E-state index in [-0.39, 0.29) is 11.5 Å².